The Hall–Kier alpha value is -4.58. The molecule has 2 aliphatic heterocycles. The Morgan fingerprint density at radius 3 is 2.69 bits per heavy atom. The Balaban J connectivity index is 1.26. The highest BCUT2D eigenvalue weighted by Crippen LogP contribution is 2.33. The summed E-state index contributed by atoms with van der Waals surface area (Å²) in [5.74, 6) is 1.94. The number of hydrogen-bond donors (Lipinski definition) is 0. The van der Waals surface area contributed by atoms with Crippen LogP contribution in [-0.2, 0) is 14.8 Å². The van der Waals surface area contributed by atoms with Crippen molar-refractivity contribution in [2.45, 2.75) is 10.3 Å². The van der Waals surface area contributed by atoms with Gasteiger partial charge >= 0.3 is 6.09 Å². The third-order valence-electron chi connectivity index (χ3n) is 7.20. The first-order chi connectivity index (χ1) is 20.2. The molecule has 0 aliphatic carbocycles. The fourth-order valence-corrected chi connectivity index (χ4v) is 8.08. The maximum absolute atomic E-state index is 13.7. The number of terminal acetylenes is 1. The predicted molar refractivity (Wildman–Crippen MR) is 153 cm³/mol. The number of aromatic nitrogens is 3. The fraction of sp³-hybridized carbons (Fsp3) is 0.250. The number of rotatable bonds is 6. The van der Waals surface area contributed by atoms with Crippen LogP contribution in [0.3, 0.4) is 0 Å². The Morgan fingerprint density at radius 1 is 1.17 bits per heavy atom. The van der Waals surface area contributed by atoms with E-state index in [1.54, 1.807) is 42.5 Å². The van der Waals surface area contributed by atoms with Crippen molar-refractivity contribution in [1.82, 2.24) is 24.1 Å². The maximum Gasteiger partial charge on any atom is 0.410 e. The van der Waals surface area contributed by atoms with E-state index in [-0.39, 0.29) is 42.8 Å². The number of carbonyl (C=O) groups is 2. The van der Waals surface area contributed by atoms with Crippen LogP contribution >= 0.6 is 11.3 Å². The minimum Gasteiger partial charge on any atom is -0.618 e. The van der Waals surface area contributed by atoms with Gasteiger partial charge in [-0.25, -0.2) is 23.2 Å². The van der Waals surface area contributed by atoms with Gasteiger partial charge in [0, 0.05) is 61.0 Å². The van der Waals surface area contributed by atoms with Crippen LogP contribution in [0.5, 0.6) is 0 Å². The van der Waals surface area contributed by atoms with E-state index in [4.69, 9.17) is 11.2 Å². The van der Waals surface area contributed by atoms with E-state index in [1.165, 1.54) is 32.7 Å². The highest BCUT2D eigenvalue weighted by Gasteiger charge is 2.40. The molecule has 2 saturated heterocycles. The van der Waals surface area contributed by atoms with E-state index in [0.29, 0.717) is 28.1 Å². The molecular formula is C28H24N6O6S2. The smallest absolute Gasteiger partial charge is 0.410 e. The molecule has 42 heavy (non-hydrogen) atoms. The van der Waals surface area contributed by atoms with Crippen molar-refractivity contribution < 1.29 is 27.5 Å². The Morgan fingerprint density at radius 2 is 1.98 bits per heavy atom. The second-order valence-electron chi connectivity index (χ2n) is 9.75. The minimum atomic E-state index is -3.91. The van der Waals surface area contributed by atoms with Gasteiger partial charge in [-0.05, 0) is 29.7 Å². The lowest BCUT2D eigenvalue weighted by molar-refractivity contribution is -0.593. The first-order valence-corrected chi connectivity index (χ1v) is 15.2. The van der Waals surface area contributed by atoms with Gasteiger partial charge in [-0.3, -0.25) is 4.79 Å². The number of ether oxygens (including phenoxy) is 1. The number of carbonyl (C=O) groups excluding carboxylic acids is 2. The number of hydrogen-bond acceptors (Lipinski definition) is 9. The maximum atomic E-state index is 13.7. The van der Waals surface area contributed by atoms with E-state index in [0.717, 1.165) is 21.4 Å². The zero-order valence-corrected chi connectivity index (χ0v) is 23.8. The van der Waals surface area contributed by atoms with Gasteiger partial charge in [-0.15, -0.1) is 17.8 Å². The molecule has 214 valence electrons. The molecule has 1 aromatic carbocycles. The number of fused-ring (bicyclic) bond motifs is 1. The zero-order chi connectivity index (χ0) is 29.4. The van der Waals surface area contributed by atoms with E-state index in [2.05, 4.69) is 15.9 Å². The number of cyclic esters (lactones) is 1. The number of pyridine rings is 1. The first kappa shape index (κ1) is 27.6. The summed E-state index contributed by atoms with van der Waals surface area (Å²) in [6.07, 6.45) is 9.11. The van der Waals surface area contributed by atoms with Gasteiger partial charge in [0.25, 0.3) is 15.9 Å². The van der Waals surface area contributed by atoms with E-state index < -0.39 is 28.1 Å². The zero-order valence-electron chi connectivity index (χ0n) is 22.1. The molecule has 2 fully saturated rings. The van der Waals surface area contributed by atoms with Gasteiger partial charge in [0.05, 0.1) is 18.2 Å². The second-order valence-corrected chi connectivity index (χ2v) is 13.0. The lowest BCUT2D eigenvalue weighted by Gasteiger charge is -2.41. The molecule has 2 aliphatic rings. The molecule has 6 rings (SSSR count). The SMILES string of the molecule is C#Cc1ccc2cc(S(=O)(=O)N3CCN(C(=O)c4ncc(-c5cccc[n+]5[O-])cn4)C(CN4CCOC4=O)C3)sc2c1. The third-order valence-corrected chi connectivity index (χ3v) is 10.6. The molecule has 0 radical (unpaired) electrons. The van der Waals surface area contributed by atoms with Crippen molar-refractivity contribution in [2.75, 3.05) is 39.3 Å². The molecule has 4 aromatic rings. The molecule has 1 atom stereocenters. The summed E-state index contributed by atoms with van der Waals surface area (Å²) in [6, 6.07) is 11.2. The van der Waals surface area contributed by atoms with Crippen molar-refractivity contribution >= 4 is 43.4 Å². The lowest BCUT2D eigenvalue weighted by atomic mass is 10.1. The number of benzene rings is 1. The van der Waals surface area contributed by atoms with Crippen LogP contribution < -0.4 is 4.73 Å². The van der Waals surface area contributed by atoms with Crippen molar-refractivity contribution in [3.05, 3.63) is 77.7 Å². The molecule has 0 bridgehead atoms. The molecule has 5 heterocycles. The summed E-state index contributed by atoms with van der Waals surface area (Å²) >= 11 is 1.13. The normalized spacial score (nSPS) is 17.8. The number of sulfonamides is 1. The van der Waals surface area contributed by atoms with Crippen LogP contribution in [0.25, 0.3) is 21.3 Å². The molecule has 0 spiro atoms. The number of thiophene rings is 1. The van der Waals surface area contributed by atoms with Crippen molar-refractivity contribution in [3.8, 4) is 23.6 Å². The van der Waals surface area contributed by atoms with Crippen molar-refractivity contribution in [2.24, 2.45) is 0 Å². The number of amides is 2. The Bertz CT molecular complexity index is 1840. The molecule has 14 heteroatoms. The molecule has 3 aromatic heterocycles. The Kier molecular flexibility index (Phi) is 7.23. The van der Waals surface area contributed by atoms with Gasteiger partial charge in [-0.2, -0.15) is 9.04 Å². The molecule has 0 saturated carbocycles. The summed E-state index contributed by atoms with van der Waals surface area (Å²) < 4.78 is 35.5. The first-order valence-electron chi connectivity index (χ1n) is 13.0. The van der Waals surface area contributed by atoms with Crippen LogP contribution in [0.15, 0.2) is 65.3 Å². The topological polar surface area (TPSA) is 140 Å². The van der Waals surface area contributed by atoms with E-state index in [1.807, 2.05) is 0 Å². The number of piperazine rings is 1. The summed E-state index contributed by atoms with van der Waals surface area (Å²) in [4.78, 5) is 37.2. The van der Waals surface area contributed by atoms with Gasteiger partial charge in [-0.1, -0.05) is 12.0 Å². The summed E-state index contributed by atoms with van der Waals surface area (Å²) in [5.41, 5.74) is 1.42. The predicted octanol–water partition coefficient (Wildman–Crippen LogP) is 1.94. The van der Waals surface area contributed by atoms with Crippen molar-refractivity contribution in [3.63, 3.8) is 0 Å². The standard InChI is InChI=1S/C28H24N6O6S2/c1-2-19-6-7-20-14-25(41-24(20)13-19)42(38,39)32-9-10-33(22(18-32)17-31-11-12-40-28(31)36)27(35)26-29-15-21(16-30-26)23-5-3-4-8-34(23)37/h1,3-8,13-16,22H,9-12,17-18H2. The average Bonchev–Trinajstić information content (AvgIpc) is 3.63. The lowest BCUT2D eigenvalue weighted by Crippen LogP contribution is -2.59. The highest BCUT2D eigenvalue weighted by atomic mass is 32.2. The summed E-state index contributed by atoms with van der Waals surface area (Å²) in [6.45, 7) is 0.675. The second kappa shape index (κ2) is 11.0. The van der Waals surface area contributed by atoms with E-state index >= 15 is 0 Å². The van der Waals surface area contributed by atoms with Crippen LogP contribution in [-0.4, -0.2) is 89.9 Å². The van der Waals surface area contributed by atoms with Gasteiger partial charge in [0.15, 0.2) is 6.20 Å². The molecule has 1 unspecified atom stereocenters. The summed E-state index contributed by atoms with van der Waals surface area (Å²) in [5, 5.41) is 12.9. The number of nitrogens with zero attached hydrogens (tertiary/aromatic N) is 6. The van der Waals surface area contributed by atoms with Crippen molar-refractivity contribution in [1.29, 1.82) is 0 Å². The molecular weight excluding hydrogens is 580 g/mol. The molecule has 2 amide bonds. The third kappa shape index (κ3) is 5.13. The van der Waals surface area contributed by atoms with Gasteiger partial charge < -0.3 is 19.7 Å². The average molecular weight is 605 g/mol. The monoisotopic (exact) mass is 604 g/mol. The van der Waals surface area contributed by atoms with Gasteiger partial charge in [0.1, 0.15) is 10.8 Å². The highest BCUT2D eigenvalue weighted by molar-refractivity contribution is 7.91. The fourth-order valence-electron chi connectivity index (χ4n) is 5.02. The van der Waals surface area contributed by atoms with Crippen LogP contribution in [0, 0.1) is 17.6 Å². The largest absolute Gasteiger partial charge is 0.618 e. The molecule has 12 nitrogen and oxygen atoms in total. The van der Waals surface area contributed by atoms with Crippen LogP contribution in [0.4, 0.5) is 4.79 Å². The van der Waals surface area contributed by atoms with Crippen LogP contribution in [0.2, 0.25) is 0 Å². The minimum absolute atomic E-state index is 0.0388. The molecule has 0 N–H and O–H groups in total. The van der Waals surface area contributed by atoms with Crippen LogP contribution in [0.1, 0.15) is 16.2 Å². The van der Waals surface area contributed by atoms with Gasteiger partial charge in [0.2, 0.25) is 11.5 Å². The van der Waals surface area contributed by atoms with E-state index in [9.17, 15) is 23.2 Å². The quantitative estimate of drug-likeness (QED) is 0.185. The summed E-state index contributed by atoms with van der Waals surface area (Å²) in [7, 11) is -3.91. The Labute approximate surface area is 245 Å².